The molecule has 2 aliphatic rings. The van der Waals surface area contributed by atoms with Crippen LogP contribution in [0.5, 0.6) is 0 Å². The van der Waals surface area contributed by atoms with Crippen molar-refractivity contribution in [3.63, 3.8) is 0 Å². The van der Waals surface area contributed by atoms with Gasteiger partial charge in [-0.1, -0.05) is 6.07 Å². The van der Waals surface area contributed by atoms with Gasteiger partial charge in [0.2, 0.25) is 0 Å². The number of amides is 1. The van der Waals surface area contributed by atoms with Crippen molar-refractivity contribution in [3.05, 3.63) is 47.8 Å². The van der Waals surface area contributed by atoms with Gasteiger partial charge in [0.1, 0.15) is 6.10 Å². The summed E-state index contributed by atoms with van der Waals surface area (Å²) in [5.41, 5.74) is 3.99. The number of carbonyl (C=O) groups excluding carboxylic acids is 1. The van der Waals surface area contributed by atoms with Crippen LogP contribution >= 0.6 is 12.2 Å². The van der Waals surface area contributed by atoms with Crippen molar-refractivity contribution in [3.8, 4) is 5.69 Å². The minimum Gasteiger partial charge on any atom is -0.468 e. The number of rotatable bonds is 4. The summed E-state index contributed by atoms with van der Waals surface area (Å²) in [6, 6.07) is 9.98. The Labute approximate surface area is 169 Å². The number of aromatic nitrogens is 1. The van der Waals surface area contributed by atoms with Gasteiger partial charge in [-0.25, -0.2) is 4.79 Å². The van der Waals surface area contributed by atoms with E-state index in [0.717, 1.165) is 22.6 Å². The number of anilines is 1. The number of fused-ring (bicyclic) bond motifs is 3. The Kier molecular flexibility index (Phi) is 5.23. The first kappa shape index (κ1) is 18.8. The molecule has 2 aliphatic heterocycles. The zero-order chi connectivity index (χ0) is 19.7. The molecule has 1 N–H and O–H groups in total. The van der Waals surface area contributed by atoms with E-state index in [1.54, 1.807) is 4.90 Å². The van der Waals surface area contributed by atoms with Crippen molar-refractivity contribution in [2.75, 3.05) is 18.0 Å². The maximum atomic E-state index is 12.4. The molecule has 2 aromatic rings. The molecule has 1 fully saturated rings. The van der Waals surface area contributed by atoms with E-state index in [4.69, 9.17) is 26.4 Å². The van der Waals surface area contributed by atoms with Gasteiger partial charge in [0, 0.05) is 23.1 Å². The van der Waals surface area contributed by atoms with E-state index in [0.29, 0.717) is 31.5 Å². The Balaban J connectivity index is 1.48. The highest BCUT2D eigenvalue weighted by molar-refractivity contribution is 7.80. The summed E-state index contributed by atoms with van der Waals surface area (Å²) in [6.07, 6.45) is 1.35. The molecule has 1 aromatic carbocycles. The largest absolute Gasteiger partial charge is 0.468 e. The van der Waals surface area contributed by atoms with Crippen LogP contribution in [0.15, 0.2) is 36.5 Å². The number of ether oxygens (including phenoxy) is 3. The molecule has 0 aliphatic carbocycles. The van der Waals surface area contributed by atoms with E-state index in [9.17, 15) is 4.79 Å². The first-order valence-electron chi connectivity index (χ1n) is 9.31. The van der Waals surface area contributed by atoms with Crippen molar-refractivity contribution in [2.24, 2.45) is 0 Å². The average molecular weight is 401 g/mol. The van der Waals surface area contributed by atoms with Crippen molar-refractivity contribution in [1.29, 1.82) is 0 Å². The summed E-state index contributed by atoms with van der Waals surface area (Å²) < 4.78 is 18.7. The van der Waals surface area contributed by atoms with E-state index >= 15 is 0 Å². The fraction of sp³-hybridized carbons (Fsp3) is 0.400. The third-order valence-corrected chi connectivity index (χ3v) is 4.91. The lowest BCUT2D eigenvalue weighted by molar-refractivity contribution is 0.108. The van der Waals surface area contributed by atoms with E-state index in [2.05, 4.69) is 9.88 Å². The molecule has 0 unspecified atom stereocenters. The monoisotopic (exact) mass is 401 g/mol. The number of carbonyl (C=O) groups is 1. The van der Waals surface area contributed by atoms with Gasteiger partial charge >= 0.3 is 6.09 Å². The highest BCUT2D eigenvalue weighted by Gasteiger charge is 2.33. The maximum Gasteiger partial charge on any atom is 0.414 e. The van der Waals surface area contributed by atoms with Crippen LogP contribution in [0.25, 0.3) is 5.69 Å². The van der Waals surface area contributed by atoms with Crippen molar-refractivity contribution in [2.45, 2.75) is 39.3 Å². The van der Waals surface area contributed by atoms with Crippen LogP contribution in [0.3, 0.4) is 0 Å². The fourth-order valence-electron chi connectivity index (χ4n) is 3.39. The number of nitrogens with zero attached hydrogens (tertiary/aromatic N) is 2. The predicted octanol–water partition coefficient (Wildman–Crippen LogP) is 3.13. The summed E-state index contributed by atoms with van der Waals surface area (Å²) >= 11 is 5.12. The lowest BCUT2D eigenvalue weighted by Crippen LogP contribution is -2.35. The molecule has 7 nitrogen and oxygen atoms in total. The molecule has 1 aromatic heterocycles. The number of hydrogen-bond donors (Lipinski definition) is 1. The van der Waals surface area contributed by atoms with Gasteiger partial charge < -0.3 is 24.1 Å². The minimum atomic E-state index is -0.361. The molecule has 0 radical (unpaired) electrons. The van der Waals surface area contributed by atoms with E-state index < -0.39 is 0 Å². The molecular formula is C20H23N3O4S. The van der Waals surface area contributed by atoms with Crippen LogP contribution in [0, 0.1) is 0 Å². The second-order valence-corrected chi connectivity index (χ2v) is 7.50. The van der Waals surface area contributed by atoms with Gasteiger partial charge in [-0.3, -0.25) is 4.90 Å². The van der Waals surface area contributed by atoms with Gasteiger partial charge in [-0.05, 0) is 50.3 Å². The van der Waals surface area contributed by atoms with Crippen molar-refractivity contribution in [1.82, 2.24) is 9.88 Å². The number of hydrogen-bond acceptors (Lipinski definition) is 5. The Bertz CT molecular complexity index is 895. The molecule has 0 bridgehead atoms. The third kappa shape index (κ3) is 3.83. The van der Waals surface area contributed by atoms with Crippen LogP contribution < -0.4 is 10.2 Å². The molecule has 148 valence electrons. The topological polar surface area (TPSA) is 65.0 Å². The molecule has 1 saturated heterocycles. The quantitative estimate of drug-likeness (QED) is 0.794. The summed E-state index contributed by atoms with van der Waals surface area (Å²) in [4.78, 5) is 14.1. The third-order valence-electron chi connectivity index (χ3n) is 4.67. The van der Waals surface area contributed by atoms with E-state index in [-0.39, 0.29) is 18.3 Å². The molecule has 0 saturated carbocycles. The Morgan fingerprint density at radius 3 is 3.04 bits per heavy atom. The van der Waals surface area contributed by atoms with Gasteiger partial charge in [0.15, 0.2) is 0 Å². The zero-order valence-electron chi connectivity index (χ0n) is 15.9. The molecule has 3 heterocycles. The number of nitrogens with one attached hydrogen (secondary N) is 1. The first-order valence-corrected chi connectivity index (χ1v) is 9.72. The molecule has 1 amide bonds. The first-order chi connectivity index (χ1) is 13.5. The van der Waals surface area contributed by atoms with Crippen LogP contribution in [0.2, 0.25) is 0 Å². The van der Waals surface area contributed by atoms with Crippen molar-refractivity contribution < 1.29 is 19.0 Å². The summed E-state index contributed by atoms with van der Waals surface area (Å²) in [5.74, 6) is 0. The molecule has 0 spiro atoms. The lowest BCUT2D eigenvalue weighted by Gasteiger charge is -2.17. The van der Waals surface area contributed by atoms with Crippen LogP contribution in [0.4, 0.5) is 10.5 Å². The standard InChI is InChI=1S/C20H23N3O4S/c1-13(2)26-19(28)21-9-17-10-23(20(24)27-17)15-6-5-14-11-25-12-16-4-3-7-22(16)18(14)8-15/h3-8,13,17H,9-12H2,1-2H3,(H,21,28)/t17-/m0/s1. The Hall–Kier alpha value is -2.58. The minimum absolute atomic E-state index is 0.00441. The Morgan fingerprint density at radius 2 is 2.21 bits per heavy atom. The molecule has 28 heavy (non-hydrogen) atoms. The number of thiocarbonyl (C=S) groups is 1. The summed E-state index contributed by atoms with van der Waals surface area (Å²) in [5, 5.41) is 3.32. The summed E-state index contributed by atoms with van der Waals surface area (Å²) in [6.45, 7) is 5.78. The number of benzene rings is 1. The van der Waals surface area contributed by atoms with E-state index in [1.165, 1.54) is 0 Å². The van der Waals surface area contributed by atoms with Gasteiger partial charge in [-0.2, -0.15) is 0 Å². The number of cyclic esters (lactones) is 1. The van der Waals surface area contributed by atoms with Crippen LogP contribution in [0.1, 0.15) is 25.1 Å². The summed E-state index contributed by atoms with van der Waals surface area (Å²) in [7, 11) is 0. The van der Waals surface area contributed by atoms with Crippen LogP contribution in [-0.2, 0) is 27.4 Å². The smallest absolute Gasteiger partial charge is 0.414 e. The molecule has 8 heteroatoms. The Morgan fingerprint density at radius 1 is 1.36 bits per heavy atom. The van der Waals surface area contributed by atoms with Gasteiger partial charge in [0.05, 0.1) is 38.1 Å². The molecular weight excluding hydrogens is 378 g/mol. The maximum absolute atomic E-state index is 12.4. The van der Waals surface area contributed by atoms with Crippen molar-refractivity contribution >= 4 is 29.2 Å². The molecule has 4 rings (SSSR count). The normalized spacial score (nSPS) is 18.3. The van der Waals surface area contributed by atoms with Gasteiger partial charge in [-0.15, -0.1) is 0 Å². The highest BCUT2D eigenvalue weighted by Crippen LogP contribution is 2.29. The van der Waals surface area contributed by atoms with E-state index in [1.807, 2.05) is 50.4 Å². The lowest BCUT2D eigenvalue weighted by atomic mass is 10.1. The predicted molar refractivity (Wildman–Crippen MR) is 109 cm³/mol. The highest BCUT2D eigenvalue weighted by atomic mass is 32.1. The zero-order valence-corrected chi connectivity index (χ0v) is 16.7. The second kappa shape index (κ2) is 7.81. The van der Waals surface area contributed by atoms with Gasteiger partial charge in [0.25, 0.3) is 5.17 Å². The second-order valence-electron chi connectivity index (χ2n) is 7.13. The van der Waals surface area contributed by atoms with Crippen LogP contribution in [-0.4, -0.2) is 41.1 Å². The SMILES string of the molecule is CC(C)OC(=S)NC[C@H]1CN(c2ccc3c(c2)-n2cccc2COC3)C(=O)O1. The molecule has 1 atom stereocenters. The average Bonchev–Trinajstić information content (AvgIpc) is 3.22. The fourth-order valence-corrected chi connectivity index (χ4v) is 3.67.